The Morgan fingerprint density at radius 1 is 1.33 bits per heavy atom. The molecule has 0 aliphatic carbocycles. The normalized spacial score (nSPS) is 22.1. The fourth-order valence-corrected chi connectivity index (χ4v) is 2.80. The third-order valence-electron chi connectivity index (χ3n) is 4.02. The number of aromatic nitrogens is 1. The number of ether oxygens (including phenoxy) is 1. The fourth-order valence-electron chi connectivity index (χ4n) is 2.80. The van der Waals surface area contributed by atoms with Crippen LogP contribution in [0.4, 0.5) is 5.69 Å². The van der Waals surface area contributed by atoms with E-state index in [2.05, 4.69) is 9.88 Å². The first-order chi connectivity index (χ1) is 10.3. The minimum absolute atomic E-state index is 0.130. The number of carbonyl (C=O) groups excluding carboxylic acids is 1. The number of amides is 1. The third-order valence-corrected chi connectivity index (χ3v) is 4.02. The van der Waals surface area contributed by atoms with E-state index in [0.717, 1.165) is 31.6 Å². The van der Waals surface area contributed by atoms with Crippen LogP contribution in [-0.2, 0) is 9.53 Å². The van der Waals surface area contributed by atoms with Crippen LogP contribution in [0.2, 0.25) is 0 Å². The Hall–Kier alpha value is -2.13. The first kappa shape index (κ1) is 13.8. The summed E-state index contributed by atoms with van der Waals surface area (Å²) >= 11 is 0. The second kappa shape index (κ2) is 6.10. The summed E-state index contributed by atoms with van der Waals surface area (Å²) in [6, 6.07) is 5.64. The molecule has 0 saturated carbocycles. The van der Waals surface area contributed by atoms with E-state index in [4.69, 9.17) is 10.00 Å². The lowest BCUT2D eigenvalue weighted by molar-refractivity contribution is -0.141. The molecule has 0 radical (unpaired) electrons. The summed E-state index contributed by atoms with van der Waals surface area (Å²) in [5.41, 5.74) is 1.42. The number of nitriles is 1. The van der Waals surface area contributed by atoms with E-state index in [1.807, 2.05) is 17.0 Å². The summed E-state index contributed by atoms with van der Waals surface area (Å²) in [5.74, 6) is 0.130. The molecule has 0 bridgehead atoms. The van der Waals surface area contributed by atoms with Crippen LogP contribution in [0.5, 0.6) is 0 Å². The molecular weight excluding hydrogens is 268 g/mol. The Bertz CT molecular complexity index is 538. The quantitative estimate of drug-likeness (QED) is 0.803. The number of carbonyl (C=O) groups is 1. The van der Waals surface area contributed by atoms with Gasteiger partial charge in [0, 0.05) is 32.8 Å². The molecule has 3 heterocycles. The summed E-state index contributed by atoms with van der Waals surface area (Å²) in [7, 11) is 0. The molecule has 3 rings (SSSR count). The van der Waals surface area contributed by atoms with Gasteiger partial charge in [0.05, 0.1) is 11.9 Å². The molecule has 6 nitrogen and oxygen atoms in total. The molecule has 0 spiro atoms. The molecule has 2 aliphatic rings. The Balaban J connectivity index is 1.57. The van der Waals surface area contributed by atoms with E-state index in [0.29, 0.717) is 25.4 Å². The maximum absolute atomic E-state index is 12.3. The average molecular weight is 286 g/mol. The molecule has 1 unspecified atom stereocenters. The summed E-state index contributed by atoms with van der Waals surface area (Å²) in [6.45, 7) is 3.68. The lowest BCUT2D eigenvalue weighted by Crippen LogP contribution is -2.51. The van der Waals surface area contributed by atoms with E-state index in [-0.39, 0.29) is 12.0 Å². The molecule has 2 fully saturated rings. The molecule has 1 aromatic rings. The van der Waals surface area contributed by atoms with Gasteiger partial charge in [-0.25, -0.2) is 4.98 Å². The average Bonchev–Trinajstić information content (AvgIpc) is 3.09. The van der Waals surface area contributed by atoms with Gasteiger partial charge in [0.2, 0.25) is 0 Å². The number of pyridine rings is 1. The maximum atomic E-state index is 12.3. The highest BCUT2D eigenvalue weighted by molar-refractivity contribution is 5.81. The summed E-state index contributed by atoms with van der Waals surface area (Å²) in [4.78, 5) is 20.4. The van der Waals surface area contributed by atoms with E-state index >= 15 is 0 Å². The zero-order valence-corrected chi connectivity index (χ0v) is 11.9. The molecule has 1 amide bonds. The standard InChI is InChI=1S/C15H18N4O2/c16-10-12-3-4-13(11-17-12)18-5-7-19(8-6-18)15(20)14-2-1-9-21-14/h3-4,11,14H,1-2,5-9H2. The van der Waals surface area contributed by atoms with E-state index < -0.39 is 0 Å². The van der Waals surface area contributed by atoms with Gasteiger partial charge in [-0.3, -0.25) is 4.79 Å². The van der Waals surface area contributed by atoms with Crippen LogP contribution in [0.3, 0.4) is 0 Å². The van der Waals surface area contributed by atoms with Gasteiger partial charge in [0.25, 0.3) is 5.91 Å². The lowest BCUT2D eigenvalue weighted by atomic mass is 10.2. The molecule has 21 heavy (non-hydrogen) atoms. The Morgan fingerprint density at radius 2 is 2.14 bits per heavy atom. The molecular formula is C15H18N4O2. The lowest BCUT2D eigenvalue weighted by Gasteiger charge is -2.36. The summed E-state index contributed by atoms with van der Waals surface area (Å²) < 4.78 is 5.46. The van der Waals surface area contributed by atoms with Crippen LogP contribution < -0.4 is 4.90 Å². The van der Waals surface area contributed by atoms with Crippen molar-refractivity contribution in [2.24, 2.45) is 0 Å². The van der Waals surface area contributed by atoms with Gasteiger partial charge in [-0.2, -0.15) is 5.26 Å². The van der Waals surface area contributed by atoms with Crippen molar-refractivity contribution in [2.75, 3.05) is 37.7 Å². The topological polar surface area (TPSA) is 69.5 Å². The first-order valence-corrected chi connectivity index (χ1v) is 7.29. The molecule has 2 saturated heterocycles. The molecule has 110 valence electrons. The van der Waals surface area contributed by atoms with Crippen molar-refractivity contribution < 1.29 is 9.53 Å². The molecule has 1 atom stereocenters. The Labute approximate surface area is 123 Å². The van der Waals surface area contributed by atoms with Crippen LogP contribution in [0.1, 0.15) is 18.5 Å². The second-order valence-corrected chi connectivity index (χ2v) is 5.33. The zero-order valence-electron chi connectivity index (χ0n) is 11.9. The van der Waals surface area contributed by atoms with Crippen molar-refractivity contribution in [1.29, 1.82) is 5.26 Å². The summed E-state index contributed by atoms with van der Waals surface area (Å²) in [6.07, 6.45) is 3.32. The van der Waals surface area contributed by atoms with Crippen LogP contribution in [0.25, 0.3) is 0 Å². The highest BCUT2D eigenvalue weighted by atomic mass is 16.5. The number of hydrogen-bond acceptors (Lipinski definition) is 5. The SMILES string of the molecule is N#Cc1ccc(N2CCN(C(=O)C3CCCO3)CC2)cn1. The van der Waals surface area contributed by atoms with Gasteiger partial charge in [0.1, 0.15) is 17.9 Å². The largest absolute Gasteiger partial charge is 0.368 e. The Kier molecular flexibility index (Phi) is 4.02. The molecule has 6 heteroatoms. The van der Waals surface area contributed by atoms with Gasteiger partial charge >= 0.3 is 0 Å². The van der Waals surface area contributed by atoms with Crippen LogP contribution >= 0.6 is 0 Å². The minimum atomic E-state index is -0.229. The molecule has 0 N–H and O–H groups in total. The van der Waals surface area contributed by atoms with E-state index in [1.165, 1.54) is 0 Å². The minimum Gasteiger partial charge on any atom is -0.368 e. The predicted molar refractivity (Wildman–Crippen MR) is 76.7 cm³/mol. The third kappa shape index (κ3) is 2.98. The monoisotopic (exact) mass is 286 g/mol. The smallest absolute Gasteiger partial charge is 0.251 e. The van der Waals surface area contributed by atoms with Crippen molar-refractivity contribution in [1.82, 2.24) is 9.88 Å². The second-order valence-electron chi connectivity index (χ2n) is 5.33. The number of hydrogen-bond donors (Lipinski definition) is 0. The van der Waals surface area contributed by atoms with Crippen LogP contribution in [-0.4, -0.2) is 54.7 Å². The predicted octanol–water partition coefficient (Wildman–Crippen LogP) is 0.781. The van der Waals surface area contributed by atoms with Crippen LogP contribution in [0.15, 0.2) is 18.3 Å². The van der Waals surface area contributed by atoms with Crippen molar-refractivity contribution in [2.45, 2.75) is 18.9 Å². The van der Waals surface area contributed by atoms with Crippen molar-refractivity contribution in [3.05, 3.63) is 24.0 Å². The number of nitrogens with zero attached hydrogens (tertiary/aromatic N) is 4. The summed E-state index contributed by atoms with van der Waals surface area (Å²) in [5, 5.41) is 8.76. The fraction of sp³-hybridized carbons (Fsp3) is 0.533. The van der Waals surface area contributed by atoms with Crippen LogP contribution in [0, 0.1) is 11.3 Å². The molecule has 0 aromatic carbocycles. The van der Waals surface area contributed by atoms with E-state index in [9.17, 15) is 4.79 Å². The highest BCUT2D eigenvalue weighted by Gasteiger charge is 2.30. The van der Waals surface area contributed by atoms with Gasteiger partial charge in [-0.05, 0) is 25.0 Å². The van der Waals surface area contributed by atoms with Crippen molar-refractivity contribution >= 4 is 11.6 Å². The van der Waals surface area contributed by atoms with Crippen molar-refractivity contribution in [3.8, 4) is 6.07 Å². The van der Waals surface area contributed by atoms with Gasteiger partial charge < -0.3 is 14.5 Å². The number of anilines is 1. The maximum Gasteiger partial charge on any atom is 0.251 e. The molecule has 1 aromatic heterocycles. The molecule has 2 aliphatic heterocycles. The van der Waals surface area contributed by atoms with Gasteiger partial charge in [-0.1, -0.05) is 0 Å². The number of piperazine rings is 1. The zero-order chi connectivity index (χ0) is 14.7. The van der Waals surface area contributed by atoms with Crippen molar-refractivity contribution in [3.63, 3.8) is 0 Å². The first-order valence-electron chi connectivity index (χ1n) is 7.29. The van der Waals surface area contributed by atoms with Gasteiger partial charge in [0.15, 0.2) is 0 Å². The highest BCUT2D eigenvalue weighted by Crippen LogP contribution is 2.19. The van der Waals surface area contributed by atoms with Gasteiger partial charge in [-0.15, -0.1) is 0 Å². The Morgan fingerprint density at radius 3 is 2.71 bits per heavy atom. The number of rotatable bonds is 2. The van der Waals surface area contributed by atoms with E-state index in [1.54, 1.807) is 12.3 Å².